The van der Waals surface area contributed by atoms with Gasteiger partial charge in [-0.25, -0.2) is 0 Å². The molecule has 0 saturated carbocycles. The normalized spacial score (nSPS) is 13.8. The molecule has 0 fully saturated rings. The number of amides is 1. The molecule has 0 aliphatic carbocycles. The van der Waals surface area contributed by atoms with Crippen molar-refractivity contribution in [2.45, 2.75) is 218 Å². The van der Waals surface area contributed by atoms with Gasteiger partial charge in [-0.1, -0.05) is 181 Å². The Labute approximate surface area is 256 Å². The lowest BCUT2D eigenvalue weighted by molar-refractivity contribution is -0.124. The van der Waals surface area contributed by atoms with Crippen LogP contribution < -0.4 is 5.32 Å². The van der Waals surface area contributed by atoms with Crippen molar-refractivity contribution in [1.29, 1.82) is 0 Å². The minimum absolute atomic E-state index is 0.143. The Bertz CT molecular complexity index is 530. The fourth-order valence-corrected chi connectivity index (χ4v) is 5.81. The summed E-state index contributed by atoms with van der Waals surface area (Å²) in [6.45, 7) is 4.16. The van der Waals surface area contributed by atoms with E-state index in [1.165, 1.54) is 135 Å². The molecule has 3 atom stereocenters. The second-order valence-corrected chi connectivity index (χ2v) is 12.8. The van der Waals surface area contributed by atoms with Crippen LogP contribution in [0.25, 0.3) is 0 Å². The molecule has 0 heterocycles. The number of hydrogen-bond acceptors (Lipinski definition) is 4. The van der Waals surface area contributed by atoms with Crippen molar-refractivity contribution in [3.63, 3.8) is 0 Å². The van der Waals surface area contributed by atoms with Gasteiger partial charge in [0.2, 0.25) is 5.91 Å². The number of aliphatic hydroxyl groups is 3. The number of unbranched alkanes of at least 4 members (excludes halogenated alkanes) is 25. The van der Waals surface area contributed by atoms with Gasteiger partial charge in [-0.2, -0.15) is 0 Å². The highest BCUT2D eigenvalue weighted by atomic mass is 16.3. The first-order valence-electron chi connectivity index (χ1n) is 18.3. The van der Waals surface area contributed by atoms with Crippen LogP contribution in [0, 0.1) is 0 Å². The summed E-state index contributed by atoms with van der Waals surface area (Å²) in [5.74, 6) is -0.143. The van der Waals surface area contributed by atoms with Crippen molar-refractivity contribution >= 4 is 5.91 Å². The Kier molecular flexibility index (Phi) is 31.8. The molecular formula is C36H73NO4. The van der Waals surface area contributed by atoms with Crippen LogP contribution in [0.3, 0.4) is 0 Å². The first-order chi connectivity index (χ1) is 20.1. The molecule has 0 spiro atoms. The van der Waals surface area contributed by atoms with E-state index in [2.05, 4.69) is 19.2 Å². The molecular weight excluding hydrogens is 510 g/mol. The van der Waals surface area contributed by atoms with Crippen molar-refractivity contribution in [3.8, 4) is 0 Å². The minimum atomic E-state index is -1.13. The van der Waals surface area contributed by atoms with Gasteiger partial charge in [0.25, 0.3) is 0 Å². The van der Waals surface area contributed by atoms with E-state index in [-0.39, 0.29) is 12.5 Å². The third-order valence-corrected chi connectivity index (χ3v) is 8.71. The third kappa shape index (κ3) is 27.9. The first kappa shape index (κ1) is 40.4. The van der Waals surface area contributed by atoms with Crippen LogP contribution in [0.4, 0.5) is 0 Å². The van der Waals surface area contributed by atoms with Gasteiger partial charge in [-0.15, -0.1) is 0 Å². The maximum atomic E-state index is 12.3. The topological polar surface area (TPSA) is 89.8 Å². The molecule has 0 aliphatic rings. The zero-order chi connectivity index (χ0) is 30.2. The predicted octanol–water partition coefficient (Wildman–Crippen LogP) is 9.54. The molecule has 0 aliphatic heterocycles. The molecule has 0 unspecified atom stereocenters. The van der Waals surface area contributed by atoms with Crippen LogP contribution in [0.2, 0.25) is 0 Å². The van der Waals surface area contributed by atoms with E-state index in [0.717, 1.165) is 38.5 Å². The van der Waals surface area contributed by atoms with Crippen molar-refractivity contribution in [2.24, 2.45) is 0 Å². The highest BCUT2D eigenvalue weighted by Crippen LogP contribution is 2.16. The van der Waals surface area contributed by atoms with Crippen LogP contribution >= 0.6 is 0 Å². The monoisotopic (exact) mass is 584 g/mol. The minimum Gasteiger partial charge on any atom is -0.394 e. The molecule has 5 nitrogen and oxygen atoms in total. The smallest absolute Gasteiger partial charge is 0.220 e. The summed E-state index contributed by atoms with van der Waals surface area (Å²) < 4.78 is 0. The third-order valence-electron chi connectivity index (χ3n) is 8.71. The fraction of sp³-hybridized carbons (Fsp3) is 0.972. The lowest BCUT2D eigenvalue weighted by atomic mass is 9.99. The van der Waals surface area contributed by atoms with Gasteiger partial charge < -0.3 is 20.6 Å². The Morgan fingerprint density at radius 1 is 0.512 bits per heavy atom. The van der Waals surface area contributed by atoms with E-state index in [9.17, 15) is 20.1 Å². The lowest BCUT2D eigenvalue weighted by Gasteiger charge is -2.26. The quantitative estimate of drug-likeness (QED) is 0.0579. The summed E-state index contributed by atoms with van der Waals surface area (Å²) in [6.07, 6.45) is 33.4. The summed E-state index contributed by atoms with van der Waals surface area (Å²) in [6, 6.07) is -0.800. The van der Waals surface area contributed by atoms with Gasteiger partial charge in [0, 0.05) is 6.42 Å². The van der Waals surface area contributed by atoms with Crippen molar-refractivity contribution in [3.05, 3.63) is 0 Å². The molecule has 0 aromatic rings. The van der Waals surface area contributed by atoms with Crippen LogP contribution in [0.5, 0.6) is 0 Å². The number of nitrogens with one attached hydrogen (secondary N) is 1. The van der Waals surface area contributed by atoms with Crippen LogP contribution in [-0.4, -0.2) is 46.1 Å². The number of carbonyl (C=O) groups excluding carboxylic acids is 1. The van der Waals surface area contributed by atoms with Crippen LogP contribution in [0.15, 0.2) is 0 Å². The van der Waals surface area contributed by atoms with Crippen LogP contribution in [0.1, 0.15) is 200 Å². The average Bonchev–Trinajstić information content (AvgIpc) is 2.97. The van der Waals surface area contributed by atoms with Crippen molar-refractivity contribution < 1.29 is 20.1 Å². The highest BCUT2D eigenvalue weighted by Gasteiger charge is 2.26. The Hall–Kier alpha value is -0.650. The number of aliphatic hydroxyl groups excluding tert-OH is 3. The lowest BCUT2D eigenvalue weighted by Crippen LogP contribution is -2.50. The summed E-state index contributed by atoms with van der Waals surface area (Å²) in [5.41, 5.74) is 0. The fourth-order valence-electron chi connectivity index (χ4n) is 5.81. The Morgan fingerprint density at radius 2 is 0.829 bits per heavy atom. The Morgan fingerprint density at radius 3 is 1.17 bits per heavy atom. The average molecular weight is 584 g/mol. The molecule has 0 rings (SSSR count). The zero-order valence-electron chi connectivity index (χ0n) is 27.7. The van der Waals surface area contributed by atoms with E-state index < -0.39 is 18.2 Å². The molecule has 246 valence electrons. The summed E-state index contributed by atoms with van der Waals surface area (Å²) >= 11 is 0. The number of carbonyl (C=O) groups is 1. The molecule has 1 amide bonds. The van der Waals surface area contributed by atoms with E-state index in [0.29, 0.717) is 12.8 Å². The van der Waals surface area contributed by atoms with Gasteiger partial charge in [-0.3, -0.25) is 4.79 Å². The highest BCUT2D eigenvalue weighted by molar-refractivity contribution is 5.76. The zero-order valence-corrected chi connectivity index (χ0v) is 27.7. The molecule has 0 bridgehead atoms. The van der Waals surface area contributed by atoms with Crippen molar-refractivity contribution in [2.75, 3.05) is 6.61 Å². The first-order valence-corrected chi connectivity index (χ1v) is 18.3. The maximum Gasteiger partial charge on any atom is 0.220 e. The number of rotatable bonds is 33. The molecule has 0 saturated heterocycles. The SMILES string of the molecule is CCCCCCCCCCCCCCCCCCCC(=O)N[C@@H](CO)[C@H](O)[C@H](O)CCCCCCCCCCCC. The maximum absolute atomic E-state index is 12.3. The second kappa shape index (κ2) is 32.3. The number of hydrogen-bond donors (Lipinski definition) is 4. The summed E-state index contributed by atoms with van der Waals surface area (Å²) in [7, 11) is 0. The van der Waals surface area contributed by atoms with Gasteiger partial charge in [0.05, 0.1) is 18.8 Å². The molecule has 5 heteroatoms. The molecule has 41 heavy (non-hydrogen) atoms. The second-order valence-electron chi connectivity index (χ2n) is 12.8. The van der Waals surface area contributed by atoms with Gasteiger partial charge in [-0.05, 0) is 12.8 Å². The van der Waals surface area contributed by atoms with E-state index >= 15 is 0 Å². The molecule has 0 radical (unpaired) electrons. The van der Waals surface area contributed by atoms with Gasteiger partial charge in [0.15, 0.2) is 0 Å². The Balaban J connectivity index is 3.63. The predicted molar refractivity (Wildman–Crippen MR) is 176 cm³/mol. The molecule has 0 aromatic heterocycles. The largest absolute Gasteiger partial charge is 0.394 e. The molecule has 4 N–H and O–H groups in total. The van der Waals surface area contributed by atoms with E-state index in [1.807, 2.05) is 0 Å². The molecule has 0 aromatic carbocycles. The summed E-state index contributed by atoms with van der Waals surface area (Å²) in [5, 5.41) is 33.3. The van der Waals surface area contributed by atoms with E-state index in [4.69, 9.17) is 0 Å². The van der Waals surface area contributed by atoms with Crippen LogP contribution in [-0.2, 0) is 4.79 Å². The van der Waals surface area contributed by atoms with Gasteiger partial charge in [0.1, 0.15) is 6.10 Å². The standard InChI is InChI=1S/C36H73NO4/c1-3-5-7-9-11-13-15-16-17-18-19-20-21-23-25-27-29-31-35(40)37-33(32-38)36(41)34(39)30-28-26-24-22-14-12-10-8-6-4-2/h33-34,36,38-39,41H,3-32H2,1-2H3,(H,37,40)/t33-,34+,36-/m0/s1. The van der Waals surface area contributed by atoms with E-state index in [1.54, 1.807) is 0 Å². The van der Waals surface area contributed by atoms with Crippen molar-refractivity contribution in [1.82, 2.24) is 5.32 Å². The van der Waals surface area contributed by atoms with Gasteiger partial charge >= 0.3 is 0 Å². The summed E-state index contributed by atoms with van der Waals surface area (Å²) in [4.78, 5) is 12.3.